The summed E-state index contributed by atoms with van der Waals surface area (Å²) in [7, 11) is 5.15. The van der Waals surface area contributed by atoms with Crippen molar-refractivity contribution in [3.05, 3.63) is 59.2 Å². The van der Waals surface area contributed by atoms with Gasteiger partial charge in [-0.05, 0) is 68.5 Å². The van der Waals surface area contributed by atoms with E-state index in [1.54, 1.807) is 14.2 Å². The van der Waals surface area contributed by atoms with Gasteiger partial charge in [0.25, 0.3) is 0 Å². The molecule has 2 aromatic rings. The van der Waals surface area contributed by atoms with Crippen molar-refractivity contribution in [1.82, 2.24) is 15.5 Å². The number of aryl methyl sites for hydroxylation is 1. The first-order valence-electron chi connectivity index (χ1n) is 11.5. The van der Waals surface area contributed by atoms with E-state index >= 15 is 0 Å². The van der Waals surface area contributed by atoms with Crippen LogP contribution in [0.15, 0.2) is 47.5 Å². The molecule has 0 bridgehead atoms. The van der Waals surface area contributed by atoms with Gasteiger partial charge in [0.1, 0.15) is 0 Å². The topological polar surface area (TPSA) is 58.1 Å². The SMILES string of the molecule is CN=C(NCCc1ccc(OC)c(OC)c1)NCC1CCN(Cc2ccc(C)cc2)CC1. The zero-order chi connectivity index (χ0) is 22.8. The summed E-state index contributed by atoms with van der Waals surface area (Å²) in [6.07, 6.45) is 3.33. The first-order chi connectivity index (χ1) is 15.6. The molecule has 174 valence electrons. The number of nitrogens with zero attached hydrogens (tertiary/aromatic N) is 2. The molecular weight excluding hydrogens is 400 g/mol. The Morgan fingerprint density at radius 1 is 0.969 bits per heavy atom. The summed E-state index contributed by atoms with van der Waals surface area (Å²) in [6, 6.07) is 15.0. The van der Waals surface area contributed by atoms with Gasteiger partial charge in [-0.3, -0.25) is 9.89 Å². The second kappa shape index (κ2) is 12.3. The normalized spacial score (nSPS) is 15.4. The number of benzene rings is 2. The monoisotopic (exact) mass is 438 g/mol. The predicted molar refractivity (Wildman–Crippen MR) is 132 cm³/mol. The number of likely N-dealkylation sites (tertiary alicyclic amines) is 1. The fraction of sp³-hybridized carbons (Fsp3) is 0.500. The molecule has 2 N–H and O–H groups in total. The average molecular weight is 439 g/mol. The van der Waals surface area contributed by atoms with Crippen LogP contribution in [0.2, 0.25) is 0 Å². The minimum atomic E-state index is 0.689. The molecule has 0 saturated carbocycles. The smallest absolute Gasteiger partial charge is 0.190 e. The number of aliphatic imine (C=N–C) groups is 1. The molecule has 6 nitrogen and oxygen atoms in total. The Morgan fingerprint density at radius 2 is 1.66 bits per heavy atom. The molecule has 32 heavy (non-hydrogen) atoms. The van der Waals surface area contributed by atoms with Gasteiger partial charge in [0.15, 0.2) is 17.5 Å². The molecule has 1 heterocycles. The Morgan fingerprint density at radius 3 is 2.31 bits per heavy atom. The van der Waals surface area contributed by atoms with Crippen molar-refractivity contribution in [2.24, 2.45) is 10.9 Å². The van der Waals surface area contributed by atoms with Gasteiger partial charge in [-0.2, -0.15) is 0 Å². The number of ether oxygens (including phenoxy) is 2. The number of rotatable bonds is 9. The summed E-state index contributed by atoms with van der Waals surface area (Å²) in [5.41, 5.74) is 3.93. The molecule has 0 spiro atoms. The highest BCUT2D eigenvalue weighted by Gasteiger charge is 2.19. The summed E-state index contributed by atoms with van der Waals surface area (Å²) >= 11 is 0. The van der Waals surface area contributed by atoms with Crippen molar-refractivity contribution in [2.45, 2.75) is 32.7 Å². The summed E-state index contributed by atoms with van der Waals surface area (Å²) in [5.74, 6) is 3.08. The molecule has 0 atom stereocenters. The van der Waals surface area contributed by atoms with Crippen molar-refractivity contribution in [3.63, 3.8) is 0 Å². The summed E-state index contributed by atoms with van der Waals surface area (Å²) in [4.78, 5) is 6.95. The van der Waals surface area contributed by atoms with Gasteiger partial charge < -0.3 is 20.1 Å². The third-order valence-electron chi connectivity index (χ3n) is 6.17. The number of nitrogens with one attached hydrogen (secondary N) is 2. The average Bonchev–Trinajstić information content (AvgIpc) is 2.83. The molecule has 0 radical (unpaired) electrons. The molecule has 0 amide bonds. The first kappa shape index (κ1) is 23.9. The Balaban J connectivity index is 1.35. The number of piperidine rings is 1. The first-order valence-corrected chi connectivity index (χ1v) is 11.5. The lowest BCUT2D eigenvalue weighted by Gasteiger charge is -2.32. The van der Waals surface area contributed by atoms with Crippen molar-refractivity contribution in [2.75, 3.05) is 47.4 Å². The van der Waals surface area contributed by atoms with Gasteiger partial charge in [0.2, 0.25) is 0 Å². The number of guanidine groups is 1. The molecule has 1 aliphatic rings. The van der Waals surface area contributed by atoms with E-state index in [-0.39, 0.29) is 0 Å². The van der Waals surface area contributed by atoms with Crippen molar-refractivity contribution >= 4 is 5.96 Å². The van der Waals surface area contributed by atoms with Crippen molar-refractivity contribution < 1.29 is 9.47 Å². The maximum Gasteiger partial charge on any atom is 0.190 e. The quantitative estimate of drug-likeness (QED) is 0.463. The highest BCUT2D eigenvalue weighted by molar-refractivity contribution is 5.79. The zero-order valence-electron chi connectivity index (χ0n) is 20.0. The summed E-state index contributed by atoms with van der Waals surface area (Å²) in [6.45, 7) is 7.29. The van der Waals surface area contributed by atoms with Crippen LogP contribution in [-0.2, 0) is 13.0 Å². The highest BCUT2D eigenvalue weighted by atomic mass is 16.5. The Hall–Kier alpha value is -2.73. The van der Waals surface area contributed by atoms with Gasteiger partial charge in [0.05, 0.1) is 14.2 Å². The minimum Gasteiger partial charge on any atom is -0.493 e. The highest BCUT2D eigenvalue weighted by Crippen LogP contribution is 2.27. The lowest BCUT2D eigenvalue weighted by atomic mass is 9.96. The molecular formula is C26H38N4O2. The maximum atomic E-state index is 5.39. The van der Waals surface area contributed by atoms with Gasteiger partial charge >= 0.3 is 0 Å². The van der Waals surface area contributed by atoms with Crippen LogP contribution in [0.5, 0.6) is 11.5 Å². The number of hydrogen-bond acceptors (Lipinski definition) is 4. The van der Waals surface area contributed by atoms with E-state index in [0.29, 0.717) is 5.92 Å². The minimum absolute atomic E-state index is 0.689. The third-order valence-corrected chi connectivity index (χ3v) is 6.17. The molecule has 3 rings (SSSR count). The van der Waals surface area contributed by atoms with Crippen LogP contribution in [-0.4, -0.2) is 58.3 Å². The Kier molecular flexibility index (Phi) is 9.23. The van der Waals surface area contributed by atoms with Crippen LogP contribution < -0.4 is 20.1 Å². The summed E-state index contributed by atoms with van der Waals surface area (Å²) < 4.78 is 10.7. The second-order valence-electron chi connectivity index (χ2n) is 8.52. The third kappa shape index (κ3) is 7.16. The Labute approximate surface area is 193 Å². The van der Waals surface area contributed by atoms with E-state index in [2.05, 4.69) is 57.8 Å². The van der Waals surface area contributed by atoms with Crippen LogP contribution in [0.25, 0.3) is 0 Å². The van der Waals surface area contributed by atoms with Crippen LogP contribution in [0.4, 0.5) is 0 Å². The van der Waals surface area contributed by atoms with Crippen molar-refractivity contribution in [1.29, 1.82) is 0 Å². The molecule has 6 heteroatoms. The van der Waals surface area contributed by atoms with Gasteiger partial charge in [-0.1, -0.05) is 35.9 Å². The molecule has 0 aliphatic carbocycles. The molecule has 1 fully saturated rings. The largest absolute Gasteiger partial charge is 0.493 e. The van der Waals surface area contributed by atoms with E-state index in [9.17, 15) is 0 Å². The standard InChI is InChI=1S/C26H38N4O2/c1-20-5-7-23(8-6-20)19-30-15-12-22(13-16-30)18-29-26(27-2)28-14-11-21-9-10-24(31-3)25(17-21)32-4/h5-10,17,22H,11-16,18-19H2,1-4H3,(H2,27,28,29). The van der Waals surface area contributed by atoms with Crippen LogP contribution >= 0.6 is 0 Å². The van der Waals surface area contributed by atoms with Gasteiger partial charge in [0, 0.05) is 26.7 Å². The lowest BCUT2D eigenvalue weighted by molar-refractivity contribution is 0.178. The fourth-order valence-corrected chi connectivity index (χ4v) is 4.12. The maximum absolute atomic E-state index is 5.39. The van der Waals surface area contributed by atoms with E-state index < -0.39 is 0 Å². The van der Waals surface area contributed by atoms with Crippen molar-refractivity contribution in [3.8, 4) is 11.5 Å². The molecule has 2 aromatic carbocycles. The molecule has 1 saturated heterocycles. The second-order valence-corrected chi connectivity index (χ2v) is 8.52. The number of hydrogen-bond donors (Lipinski definition) is 2. The Bertz CT molecular complexity index is 859. The van der Waals surface area contributed by atoms with E-state index in [1.807, 2.05) is 19.2 Å². The van der Waals surface area contributed by atoms with E-state index in [1.165, 1.54) is 29.5 Å². The van der Waals surface area contributed by atoms with E-state index in [0.717, 1.165) is 56.6 Å². The van der Waals surface area contributed by atoms with Crippen LogP contribution in [0, 0.1) is 12.8 Å². The van der Waals surface area contributed by atoms with E-state index in [4.69, 9.17) is 9.47 Å². The van der Waals surface area contributed by atoms with Crippen LogP contribution in [0.3, 0.4) is 0 Å². The van der Waals surface area contributed by atoms with Crippen LogP contribution in [0.1, 0.15) is 29.5 Å². The van der Waals surface area contributed by atoms with Gasteiger partial charge in [-0.25, -0.2) is 0 Å². The zero-order valence-corrected chi connectivity index (χ0v) is 20.0. The lowest BCUT2D eigenvalue weighted by Crippen LogP contribution is -2.43. The number of methoxy groups -OCH3 is 2. The molecule has 0 unspecified atom stereocenters. The van der Waals surface area contributed by atoms with Gasteiger partial charge in [-0.15, -0.1) is 0 Å². The molecule has 1 aliphatic heterocycles. The fourth-order valence-electron chi connectivity index (χ4n) is 4.12. The summed E-state index contributed by atoms with van der Waals surface area (Å²) in [5, 5.41) is 6.94. The molecule has 0 aromatic heterocycles. The predicted octanol–water partition coefficient (Wildman–Crippen LogP) is 3.63.